The van der Waals surface area contributed by atoms with Gasteiger partial charge in [-0.3, -0.25) is 19.5 Å². The lowest BCUT2D eigenvalue weighted by Crippen LogP contribution is -2.30. The Morgan fingerprint density at radius 2 is 1.94 bits per heavy atom. The molecular weight excluding hydrogens is 404 g/mol. The number of anilines is 1. The maximum Gasteiger partial charge on any atom is 0.300 e. The molecule has 160 valence electrons. The first-order chi connectivity index (χ1) is 15.5. The smallest absolute Gasteiger partial charge is 0.300 e. The van der Waals surface area contributed by atoms with E-state index >= 15 is 0 Å². The van der Waals surface area contributed by atoms with E-state index in [1.54, 1.807) is 36.5 Å². The second kappa shape index (κ2) is 7.64. The Bertz CT molecular complexity index is 1280. The van der Waals surface area contributed by atoms with Crippen molar-refractivity contribution in [2.24, 2.45) is 0 Å². The number of fused-ring (bicyclic) bond motifs is 1. The number of aromatic nitrogens is 1. The highest BCUT2D eigenvalue weighted by Gasteiger charge is 2.48. The Hall–Kier alpha value is -3.93. The van der Waals surface area contributed by atoms with Gasteiger partial charge in [0.2, 0.25) is 0 Å². The van der Waals surface area contributed by atoms with E-state index < -0.39 is 17.7 Å². The Labute approximate surface area is 185 Å². The third kappa shape index (κ3) is 3.07. The van der Waals surface area contributed by atoms with Crippen molar-refractivity contribution in [2.45, 2.75) is 26.3 Å². The van der Waals surface area contributed by atoms with Crippen LogP contribution in [0.3, 0.4) is 0 Å². The number of rotatable bonds is 3. The molecule has 2 aliphatic heterocycles. The van der Waals surface area contributed by atoms with E-state index in [0.29, 0.717) is 23.6 Å². The number of amides is 1. The van der Waals surface area contributed by atoms with Crippen LogP contribution in [0.5, 0.6) is 5.75 Å². The van der Waals surface area contributed by atoms with Gasteiger partial charge in [-0.15, -0.1) is 0 Å². The van der Waals surface area contributed by atoms with Crippen LogP contribution in [-0.2, 0) is 16.0 Å². The first kappa shape index (κ1) is 20.0. The zero-order valence-electron chi connectivity index (χ0n) is 17.8. The minimum atomic E-state index is -0.832. The third-order valence-corrected chi connectivity index (χ3v) is 6.21. The van der Waals surface area contributed by atoms with Gasteiger partial charge in [0.05, 0.1) is 17.9 Å². The molecule has 0 aliphatic carbocycles. The fourth-order valence-corrected chi connectivity index (χ4v) is 4.38. The molecule has 3 heterocycles. The highest BCUT2D eigenvalue weighted by Crippen LogP contribution is 2.43. The lowest BCUT2D eigenvalue weighted by Gasteiger charge is -2.26. The maximum atomic E-state index is 13.3. The molecule has 2 aliphatic rings. The molecule has 1 amide bonds. The van der Waals surface area contributed by atoms with Crippen molar-refractivity contribution in [2.75, 3.05) is 11.5 Å². The van der Waals surface area contributed by atoms with Crippen molar-refractivity contribution in [3.63, 3.8) is 0 Å². The molecule has 5 rings (SSSR count). The van der Waals surface area contributed by atoms with E-state index in [4.69, 9.17) is 4.74 Å². The average Bonchev–Trinajstić information content (AvgIpc) is 3.38. The van der Waals surface area contributed by atoms with Gasteiger partial charge in [-0.05, 0) is 66.9 Å². The predicted molar refractivity (Wildman–Crippen MR) is 121 cm³/mol. The normalized spacial score (nSPS) is 19.2. The van der Waals surface area contributed by atoms with Crippen LogP contribution < -0.4 is 9.64 Å². The van der Waals surface area contributed by atoms with Crippen LogP contribution in [0.15, 0.2) is 66.4 Å². The van der Waals surface area contributed by atoms with Gasteiger partial charge >= 0.3 is 0 Å². The van der Waals surface area contributed by atoms with Crippen molar-refractivity contribution in [1.82, 2.24) is 4.98 Å². The fourth-order valence-electron chi connectivity index (χ4n) is 4.38. The summed E-state index contributed by atoms with van der Waals surface area (Å²) in [5.74, 6) is -0.837. The minimum Gasteiger partial charge on any atom is -0.507 e. The van der Waals surface area contributed by atoms with E-state index in [9.17, 15) is 14.7 Å². The molecule has 1 atom stereocenters. The number of nitrogens with zero attached hydrogens (tertiary/aromatic N) is 2. The second-order valence-corrected chi connectivity index (χ2v) is 8.06. The summed E-state index contributed by atoms with van der Waals surface area (Å²) in [5.41, 5.74) is 4.52. The first-order valence-corrected chi connectivity index (χ1v) is 10.5. The molecule has 0 bridgehead atoms. The van der Waals surface area contributed by atoms with Crippen molar-refractivity contribution >= 4 is 23.1 Å². The average molecular weight is 426 g/mol. The highest BCUT2D eigenvalue weighted by atomic mass is 16.5. The van der Waals surface area contributed by atoms with Gasteiger partial charge in [0, 0.05) is 23.9 Å². The lowest BCUT2D eigenvalue weighted by atomic mass is 9.96. The van der Waals surface area contributed by atoms with Gasteiger partial charge < -0.3 is 9.84 Å². The molecule has 0 saturated carbocycles. The molecule has 32 heavy (non-hydrogen) atoms. The summed E-state index contributed by atoms with van der Waals surface area (Å²) in [7, 11) is 0. The Morgan fingerprint density at radius 3 is 2.72 bits per heavy atom. The zero-order chi connectivity index (χ0) is 22.4. The summed E-state index contributed by atoms with van der Waals surface area (Å²) in [4.78, 5) is 32.4. The van der Waals surface area contributed by atoms with Gasteiger partial charge in [-0.1, -0.05) is 18.2 Å². The Morgan fingerprint density at radius 1 is 1.09 bits per heavy atom. The predicted octanol–water partition coefficient (Wildman–Crippen LogP) is 4.26. The Kier molecular flexibility index (Phi) is 4.78. The molecule has 1 saturated heterocycles. The van der Waals surface area contributed by atoms with Crippen LogP contribution in [0.2, 0.25) is 0 Å². The first-order valence-electron chi connectivity index (χ1n) is 10.5. The van der Waals surface area contributed by atoms with E-state index in [2.05, 4.69) is 4.98 Å². The number of aryl methyl sites for hydroxylation is 1. The van der Waals surface area contributed by atoms with Crippen LogP contribution in [0.25, 0.3) is 5.76 Å². The monoisotopic (exact) mass is 426 g/mol. The van der Waals surface area contributed by atoms with Crippen LogP contribution >= 0.6 is 0 Å². The summed E-state index contributed by atoms with van der Waals surface area (Å²) >= 11 is 0. The highest BCUT2D eigenvalue weighted by molar-refractivity contribution is 6.51. The fraction of sp³-hybridized carbons (Fsp3) is 0.192. The molecule has 2 aromatic carbocycles. The molecular formula is C26H22N2O4. The van der Waals surface area contributed by atoms with E-state index in [-0.39, 0.29) is 11.3 Å². The van der Waals surface area contributed by atoms with Crippen LogP contribution in [-0.4, -0.2) is 28.4 Å². The summed E-state index contributed by atoms with van der Waals surface area (Å²) in [6.45, 7) is 4.46. The topological polar surface area (TPSA) is 79.7 Å². The van der Waals surface area contributed by atoms with Crippen LogP contribution in [0.1, 0.15) is 34.0 Å². The van der Waals surface area contributed by atoms with Crippen molar-refractivity contribution in [1.29, 1.82) is 0 Å². The van der Waals surface area contributed by atoms with Gasteiger partial charge in [0.1, 0.15) is 17.6 Å². The molecule has 1 fully saturated rings. The standard InChI is InChI=1S/C26H22N2O4/c1-15-6-5-8-20(16(15)2)28-23(19-7-3-4-12-27-19)22(25(30)26(28)31)24(29)18-9-10-21-17(14-18)11-13-32-21/h3-10,12,14,23,29H,11,13H2,1-2H3/b24-22-. The van der Waals surface area contributed by atoms with Crippen LogP contribution in [0.4, 0.5) is 5.69 Å². The number of ketones is 1. The number of benzene rings is 2. The maximum absolute atomic E-state index is 13.3. The Balaban J connectivity index is 1.73. The molecule has 6 nitrogen and oxygen atoms in total. The number of Topliss-reactive ketones (excluding diaryl/α,β-unsaturated/α-hetero) is 1. The number of carbonyl (C=O) groups is 2. The molecule has 1 aromatic heterocycles. The number of hydrogen-bond acceptors (Lipinski definition) is 5. The molecule has 1 unspecified atom stereocenters. The van der Waals surface area contributed by atoms with Gasteiger partial charge in [0.25, 0.3) is 11.7 Å². The zero-order valence-corrected chi connectivity index (χ0v) is 17.8. The number of carbonyl (C=O) groups excluding carboxylic acids is 2. The minimum absolute atomic E-state index is 0.0356. The molecule has 3 aromatic rings. The molecule has 0 spiro atoms. The van der Waals surface area contributed by atoms with E-state index in [0.717, 1.165) is 28.9 Å². The summed E-state index contributed by atoms with van der Waals surface area (Å²) in [6, 6.07) is 15.4. The summed E-state index contributed by atoms with van der Waals surface area (Å²) < 4.78 is 5.55. The van der Waals surface area contributed by atoms with Gasteiger partial charge in [-0.2, -0.15) is 0 Å². The van der Waals surface area contributed by atoms with Crippen molar-refractivity contribution in [3.05, 3.63) is 94.3 Å². The second-order valence-electron chi connectivity index (χ2n) is 8.06. The number of aliphatic hydroxyl groups excluding tert-OH is 1. The third-order valence-electron chi connectivity index (χ3n) is 6.21. The van der Waals surface area contributed by atoms with E-state index in [1.165, 1.54) is 4.90 Å². The number of pyridine rings is 1. The van der Waals surface area contributed by atoms with Crippen molar-refractivity contribution in [3.8, 4) is 5.75 Å². The van der Waals surface area contributed by atoms with E-state index in [1.807, 2.05) is 38.1 Å². The number of aliphatic hydroxyl groups is 1. The summed E-state index contributed by atoms with van der Waals surface area (Å²) in [6.07, 6.45) is 2.35. The summed E-state index contributed by atoms with van der Waals surface area (Å²) in [5, 5.41) is 11.3. The largest absolute Gasteiger partial charge is 0.507 e. The molecule has 0 radical (unpaired) electrons. The lowest BCUT2D eigenvalue weighted by molar-refractivity contribution is -0.132. The SMILES string of the molecule is Cc1cccc(N2C(=O)C(=O)/C(=C(\O)c3ccc4c(c3)CCO4)C2c2ccccn2)c1C. The molecule has 6 heteroatoms. The number of ether oxygens (including phenoxy) is 1. The molecule has 1 N–H and O–H groups in total. The van der Waals surface area contributed by atoms with Gasteiger partial charge in [-0.25, -0.2) is 0 Å². The van der Waals surface area contributed by atoms with Gasteiger partial charge in [0.15, 0.2) is 0 Å². The quantitative estimate of drug-likeness (QED) is 0.385. The van der Waals surface area contributed by atoms with Crippen LogP contribution in [0, 0.1) is 13.8 Å². The number of hydrogen-bond donors (Lipinski definition) is 1. The van der Waals surface area contributed by atoms with Crippen molar-refractivity contribution < 1.29 is 19.4 Å².